The van der Waals surface area contributed by atoms with Crippen LogP contribution < -0.4 is 5.32 Å². The number of Topliss-reactive ketones (excluding diaryl/α,β-unsaturated/α-hetero) is 1. The second-order valence-corrected chi connectivity index (χ2v) is 6.71. The number of fused-ring (bicyclic) bond motifs is 2. The van der Waals surface area contributed by atoms with E-state index in [1.54, 1.807) is 24.3 Å². The highest BCUT2D eigenvalue weighted by Gasteiger charge is 2.25. The molecule has 4 rings (SSSR count). The molecule has 2 aliphatic carbocycles. The summed E-state index contributed by atoms with van der Waals surface area (Å²) in [6.07, 6.45) is 6.81. The van der Waals surface area contributed by atoms with Crippen LogP contribution in [-0.4, -0.2) is 10.9 Å². The number of hydrogen-bond acceptors (Lipinski definition) is 3. The van der Waals surface area contributed by atoms with E-state index in [4.69, 9.17) is 11.6 Å². The Labute approximate surface area is 155 Å². The number of phenolic OH excluding ortho intramolecular Hbond substituents is 1. The number of halogens is 2. The molecule has 0 amide bonds. The fourth-order valence-electron chi connectivity index (χ4n) is 3.24. The molecule has 0 spiro atoms. The second-order valence-electron chi connectivity index (χ2n) is 6.30. The highest BCUT2D eigenvalue weighted by Crippen LogP contribution is 2.34. The second kappa shape index (κ2) is 6.46. The minimum atomic E-state index is -0.390. The van der Waals surface area contributed by atoms with Gasteiger partial charge in [-0.15, -0.1) is 0 Å². The third-order valence-corrected chi connectivity index (χ3v) is 4.87. The molecule has 0 heterocycles. The quantitative estimate of drug-likeness (QED) is 0.769. The molecule has 0 saturated carbocycles. The number of nitrogens with one attached hydrogen (secondary N) is 1. The van der Waals surface area contributed by atoms with E-state index in [0.717, 1.165) is 16.8 Å². The van der Waals surface area contributed by atoms with Gasteiger partial charge in [0.25, 0.3) is 0 Å². The Bertz CT molecular complexity index is 1020. The van der Waals surface area contributed by atoms with E-state index in [9.17, 15) is 14.3 Å². The fraction of sp³-hybridized carbons (Fsp3) is 0.0952. The number of carbonyl (C=O) groups excluding carboxylic acids is 1. The van der Waals surface area contributed by atoms with Crippen LogP contribution in [0.25, 0.3) is 0 Å². The summed E-state index contributed by atoms with van der Waals surface area (Å²) in [4.78, 5) is 12.8. The van der Waals surface area contributed by atoms with Crippen LogP contribution in [-0.2, 0) is 6.42 Å². The molecule has 0 atom stereocenters. The molecule has 26 heavy (non-hydrogen) atoms. The van der Waals surface area contributed by atoms with E-state index in [-0.39, 0.29) is 11.5 Å². The lowest BCUT2D eigenvalue weighted by Crippen LogP contribution is -2.11. The summed E-state index contributed by atoms with van der Waals surface area (Å²) in [5, 5.41) is 13.2. The third kappa shape index (κ3) is 3.04. The Kier molecular flexibility index (Phi) is 4.13. The van der Waals surface area contributed by atoms with E-state index in [2.05, 4.69) is 5.32 Å². The van der Waals surface area contributed by atoms with Crippen molar-refractivity contribution >= 4 is 23.1 Å². The van der Waals surface area contributed by atoms with Gasteiger partial charge in [-0.2, -0.15) is 0 Å². The molecule has 0 fully saturated rings. The maximum atomic E-state index is 13.2. The van der Waals surface area contributed by atoms with Gasteiger partial charge in [-0.1, -0.05) is 23.7 Å². The Morgan fingerprint density at radius 1 is 1.12 bits per heavy atom. The summed E-state index contributed by atoms with van der Waals surface area (Å²) in [6, 6.07) is 9.08. The van der Waals surface area contributed by atoms with Gasteiger partial charge in [0.1, 0.15) is 11.6 Å². The van der Waals surface area contributed by atoms with Gasteiger partial charge in [0.05, 0.1) is 10.7 Å². The number of hydrogen-bond donors (Lipinski definition) is 2. The summed E-state index contributed by atoms with van der Waals surface area (Å²) in [5.41, 5.74) is 4.47. The van der Waals surface area contributed by atoms with Gasteiger partial charge in [0.2, 0.25) is 0 Å². The zero-order valence-electron chi connectivity index (χ0n) is 13.7. The summed E-state index contributed by atoms with van der Waals surface area (Å²) < 4.78 is 13.2. The Morgan fingerprint density at radius 3 is 2.77 bits per heavy atom. The maximum absolute atomic E-state index is 13.2. The molecule has 2 N–H and O–H groups in total. The number of benzene rings is 2. The van der Waals surface area contributed by atoms with Crippen molar-refractivity contribution in [2.24, 2.45) is 0 Å². The van der Waals surface area contributed by atoms with Crippen molar-refractivity contribution in [3.8, 4) is 5.75 Å². The van der Waals surface area contributed by atoms with E-state index in [1.807, 2.05) is 12.2 Å². The minimum Gasteiger partial charge on any atom is -0.508 e. The lowest BCUT2D eigenvalue weighted by molar-refractivity contribution is 0.103. The van der Waals surface area contributed by atoms with Crippen molar-refractivity contribution in [3.63, 3.8) is 0 Å². The summed E-state index contributed by atoms with van der Waals surface area (Å²) >= 11 is 6.07. The first-order valence-corrected chi connectivity index (χ1v) is 8.58. The molecule has 0 aromatic heterocycles. The van der Waals surface area contributed by atoms with Crippen molar-refractivity contribution in [2.75, 3.05) is 5.32 Å². The third-order valence-electron chi connectivity index (χ3n) is 4.56. The molecule has 0 unspecified atom stereocenters. The molecular weight excluding hydrogens is 353 g/mol. The predicted octanol–water partition coefficient (Wildman–Crippen LogP) is 5.18. The standard InChI is InChI=1S/C21H15ClFNO2/c22-19-10-14(23)4-8-20(19)24-15-5-7-17-13(9-15)2-1-12-3-6-16(25)11-18(12)21(17)26/h2-8,10-11,24-25H,1,9H2. The first kappa shape index (κ1) is 16.6. The van der Waals surface area contributed by atoms with Crippen molar-refractivity contribution in [1.82, 2.24) is 0 Å². The number of allylic oxidation sites excluding steroid dienone is 5. The van der Waals surface area contributed by atoms with Crippen molar-refractivity contribution in [3.05, 3.63) is 93.4 Å². The zero-order chi connectivity index (χ0) is 18.3. The van der Waals surface area contributed by atoms with Gasteiger partial charge in [-0.25, -0.2) is 4.39 Å². The van der Waals surface area contributed by atoms with Crippen LogP contribution >= 0.6 is 11.6 Å². The van der Waals surface area contributed by atoms with E-state index in [1.165, 1.54) is 18.2 Å². The molecule has 0 radical (unpaired) electrons. The summed E-state index contributed by atoms with van der Waals surface area (Å²) in [6.45, 7) is 0. The summed E-state index contributed by atoms with van der Waals surface area (Å²) in [5.74, 6) is -0.394. The van der Waals surface area contributed by atoms with Gasteiger partial charge < -0.3 is 10.4 Å². The van der Waals surface area contributed by atoms with Crippen LogP contribution in [0.5, 0.6) is 5.75 Å². The van der Waals surface area contributed by atoms with Crippen LogP contribution in [0, 0.1) is 5.82 Å². The minimum absolute atomic E-state index is 0.0841. The Balaban J connectivity index is 1.65. The van der Waals surface area contributed by atoms with E-state index >= 15 is 0 Å². The first-order chi connectivity index (χ1) is 12.5. The average Bonchev–Trinajstić information content (AvgIpc) is 2.75. The monoisotopic (exact) mass is 367 g/mol. The van der Waals surface area contributed by atoms with Crippen molar-refractivity contribution in [2.45, 2.75) is 12.8 Å². The number of carbonyl (C=O) groups is 1. The molecule has 2 aliphatic rings. The Hall–Kier alpha value is -2.85. The zero-order valence-corrected chi connectivity index (χ0v) is 14.5. The van der Waals surface area contributed by atoms with Gasteiger partial charge in [0.15, 0.2) is 5.78 Å². The lowest BCUT2D eigenvalue weighted by atomic mass is 9.91. The molecule has 0 aliphatic heterocycles. The highest BCUT2D eigenvalue weighted by atomic mass is 35.5. The van der Waals surface area contributed by atoms with Gasteiger partial charge in [0, 0.05) is 23.3 Å². The van der Waals surface area contributed by atoms with E-state index < -0.39 is 5.82 Å². The van der Waals surface area contributed by atoms with Crippen LogP contribution in [0.3, 0.4) is 0 Å². The number of aromatic hydroxyl groups is 1. The molecular formula is C21H15ClFNO2. The van der Waals surface area contributed by atoms with Gasteiger partial charge >= 0.3 is 0 Å². The van der Waals surface area contributed by atoms with Crippen molar-refractivity contribution in [1.29, 1.82) is 0 Å². The van der Waals surface area contributed by atoms with Gasteiger partial charge in [-0.05, 0) is 60.0 Å². The smallest absolute Gasteiger partial charge is 0.193 e. The van der Waals surface area contributed by atoms with Crippen LogP contribution in [0.2, 0.25) is 5.02 Å². The van der Waals surface area contributed by atoms with Crippen molar-refractivity contribution < 1.29 is 14.3 Å². The van der Waals surface area contributed by atoms with Crippen LogP contribution in [0.15, 0.2) is 71.5 Å². The molecule has 2 aromatic rings. The average molecular weight is 368 g/mol. The molecule has 2 aromatic carbocycles. The van der Waals surface area contributed by atoms with Gasteiger partial charge in [-0.3, -0.25) is 4.79 Å². The molecule has 0 saturated heterocycles. The molecule has 3 nitrogen and oxygen atoms in total. The van der Waals surface area contributed by atoms with E-state index in [0.29, 0.717) is 34.7 Å². The predicted molar refractivity (Wildman–Crippen MR) is 100 cm³/mol. The van der Waals surface area contributed by atoms with Crippen LogP contribution in [0.1, 0.15) is 22.3 Å². The van der Waals surface area contributed by atoms with Crippen LogP contribution in [0.4, 0.5) is 10.1 Å². The number of ketones is 1. The SMILES string of the molecule is O=C1C2=CC=C(Nc3ccc(F)cc3Cl)CC2=CCc2ccc(O)cc21. The molecule has 5 heteroatoms. The number of rotatable bonds is 2. The Morgan fingerprint density at radius 2 is 1.96 bits per heavy atom. The number of anilines is 1. The lowest BCUT2D eigenvalue weighted by Gasteiger charge is -2.19. The first-order valence-electron chi connectivity index (χ1n) is 8.20. The summed E-state index contributed by atoms with van der Waals surface area (Å²) in [7, 11) is 0. The number of phenols is 1. The normalized spacial score (nSPS) is 15.9. The molecule has 0 bridgehead atoms. The molecule has 130 valence electrons. The highest BCUT2D eigenvalue weighted by molar-refractivity contribution is 6.33. The topological polar surface area (TPSA) is 49.3 Å². The maximum Gasteiger partial charge on any atom is 0.193 e. The largest absolute Gasteiger partial charge is 0.508 e. The fourth-order valence-corrected chi connectivity index (χ4v) is 3.45.